The van der Waals surface area contributed by atoms with Crippen molar-refractivity contribution in [3.05, 3.63) is 64.8 Å². The van der Waals surface area contributed by atoms with Crippen LogP contribution in [0.5, 0.6) is 0 Å². The van der Waals surface area contributed by atoms with Crippen LogP contribution in [0.4, 0.5) is 17.2 Å². The van der Waals surface area contributed by atoms with Crippen LogP contribution in [0.1, 0.15) is 78.8 Å². The van der Waals surface area contributed by atoms with E-state index in [4.69, 9.17) is 9.97 Å². The number of H-pyrrole nitrogens is 1. The minimum atomic E-state index is -0.573. The van der Waals surface area contributed by atoms with E-state index in [1.807, 2.05) is 26.2 Å². The highest BCUT2D eigenvalue weighted by Crippen LogP contribution is 2.48. The van der Waals surface area contributed by atoms with E-state index in [0.29, 0.717) is 17.3 Å². The molecule has 5 heterocycles. The number of imidazole rings is 1. The lowest BCUT2D eigenvalue weighted by molar-refractivity contribution is -0.123. The molecule has 0 bridgehead atoms. The van der Waals surface area contributed by atoms with Gasteiger partial charge in [-0.3, -0.25) is 14.5 Å². The van der Waals surface area contributed by atoms with Crippen LogP contribution in [0, 0.1) is 5.41 Å². The van der Waals surface area contributed by atoms with Gasteiger partial charge in [0.25, 0.3) is 0 Å². The molecule has 1 aromatic carbocycles. The SMILES string of the molecule is CC(C)n1cnc2cc(-c3ccc4c(c3)N([C@H]3C[C@@H](N5CCCC(C)(C)C5)C3)C(=O)C4(C)C)nc(Nc3ccc(=O)[nH]c3)c21. The Morgan fingerprint density at radius 3 is 2.52 bits per heavy atom. The van der Waals surface area contributed by atoms with Crippen molar-refractivity contribution in [2.45, 2.75) is 90.8 Å². The second kappa shape index (κ2) is 10.3. The number of nitrogens with one attached hydrogen (secondary N) is 2. The molecule has 230 valence electrons. The molecule has 44 heavy (non-hydrogen) atoms. The third kappa shape index (κ3) is 4.82. The Morgan fingerprint density at radius 1 is 1.02 bits per heavy atom. The highest BCUT2D eigenvalue weighted by Gasteiger charge is 2.50. The number of aromatic nitrogens is 4. The summed E-state index contributed by atoms with van der Waals surface area (Å²) in [5.74, 6) is 0.849. The Morgan fingerprint density at radius 2 is 1.82 bits per heavy atom. The lowest BCUT2D eigenvalue weighted by atomic mass is 9.78. The van der Waals surface area contributed by atoms with Crippen molar-refractivity contribution in [2.24, 2.45) is 5.41 Å². The molecule has 2 fully saturated rings. The van der Waals surface area contributed by atoms with Crippen molar-refractivity contribution in [1.82, 2.24) is 24.4 Å². The number of likely N-dealkylation sites (tertiary alicyclic amines) is 1. The fourth-order valence-corrected chi connectivity index (χ4v) is 7.47. The van der Waals surface area contributed by atoms with E-state index in [9.17, 15) is 9.59 Å². The predicted octanol–water partition coefficient (Wildman–Crippen LogP) is 6.39. The second-order valence-electron chi connectivity index (χ2n) is 14.6. The van der Waals surface area contributed by atoms with E-state index in [0.717, 1.165) is 65.2 Å². The van der Waals surface area contributed by atoms with Crippen molar-refractivity contribution < 1.29 is 4.79 Å². The van der Waals surface area contributed by atoms with Gasteiger partial charge in [-0.1, -0.05) is 26.0 Å². The van der Waals surface area contributed by atoms with Crippen LogP contribution in [0.25, 0.3) is 22.3 Å². The first-order valence-corrected chi connectivity index (χ1v) is 16.0. The molecule has 1 aliphatic carbocycles. The molecule has 2 aliphatic heterocycles. The summed E-state index contributed by atoms with van der Waals surface area (Å²) in [5, 5.41) is 3.41. The number of rotatable bonds is 6. The van der Waals surface area contributed by atoms with Gasteiger partial charge in [-0.2, -0.15) is 0 Å². The molecule has 0 unspecified atom stereocenters. The van der Waals surface area contributed by atoms with Gasteiger partial charge in [0, 0.05) is 48.2 Å². The monoisotopic (exact) mass is 593 g/mol. The smallest absolute Gasteiger partial charge is 0.248 e. The minimum Gasteiger partial charge on any atom is -0.337 e. The number of anilines is 3. The topological polar surface area (TPSA) is 99.2 Å². The number of hydrogen-bond acceptors (Lipinski definition) is 6. The Kier molecular flexibility index (Phi) is 6.73. The molecule has 4 aromatic rings. The predicted molar refractivity (Wildman–Crippen MR) is 176 cm³/mol. The molecular formula is C35H43N7O2. The zero-order chi connectivity index (χ0) is 31.0. The standard InChI is InChI=1S/C35H43N7O2/c1-21(2)41-20-37-28-17-27(39-32(31(28)41)38-23-9-11-30(43)36-18-23)22-8-10-26-29(14-22)42(33(44)35(26,5)6)25-15-24(16-25)40-13-7-12-34(3,4)19-40/h8-11,14,17-18,20-21,24-25H,7,12-13,15-16,19H2,1-6H3,(H,36,43)(H,38,39)/t24-,25+. The fraction of sp³-hybridized carbons (Fsp3) is 0.486. The molecule has 2 N–H and O–H groups in total. The Balaban J connectivity index is 1.24. The zero-order valence-electron chi connectivity index (χ0n) is 26.6. The first-order valence-electron chi connectivity index (χ1n) is 16.0. The molecule has 7 rings (SSSR count). The molecule has 3 aromatic heterocycles. The maximum absolute atomic E-state index is 13.9. The molecular weight excluding hydrogens is 550 g/mol. The van der Waals surface area contributed by atoms with E-state index < -0.39 is 5.41 Å². The summed E-state index contributed by atoms with van der Waals surface area (Å²) in [6, 6.07) is 12.5. The summed E-state index contributed by atoms with van der Waals surface area (Å²) in [4.78, 5) is 42.9. The Hall–Kier alpha value is -3.98. The molecule has 9 heteroatoms. The lowest BCUT2D eigenvalue weighted by Gasteiger charge is -2.50. The van der Waals surface area contributed by atoms with Gasteiger partial charge >= 0.3 is 0 Å². The highest BCUT2D eigenvalue weighted by molar-refractivity contribution is 6.08. The van der Waals surface area contributed by atoms with Gasteiger partial charge in [-0.25, -0.2) is 9.97 Å². The first kappa shape index (κ1) is 28.8. The number of piperidine rings is 1. The number of benzene rings is 1. The van der Waals surface area contributed by atoms with E-state index in [1.165, 1.54) is 18.9 Å². The summed E-state index contributed by atoms with van der Waals surface area (Å²) >= 11 is 0. The third-order valence-electron chi connectivity index (χ3n) is 10.0. The van der Waals surface area contributed by atoms with Crippen molar-refractivity contribution in [2.75, 3.05) is 23.3 Å². The van der Waals surface area contributed by atoms with Crippen molar-refractivity contribution in [3.63, 3.8) is 0 Å². The van der Waals surface area contributed by atoms with Gasteiger partial charge in [0.15, 0.2) is 5.82 Å². The number of hydrogen-bond donors (Lipinski definition) is 2. The molecule has 9 nitrogen and oxygen atoms in total. The quantitative estimate of drug-likeness (QED) is 0.269. The number of carbonyl (C=O) groups is 1. The van der Waals surface area contributed by atoms with Gasteiger partial charge in [-0.15, -0.1) is 0 Å². The Labute approximate surface area is 258 Å². The summed E-state index contributed by atoms with van der Waals surface area (Å²) < 4.78 is 2.10. The molecule has 0 atom stereocenters. The van der Waals surface area contributed by atoms with Gasteiger partial charge in [-0.05, 0) is 89.1 Å². The van der Waals surface area contributed by atoms with Crippen LogP contribution < -0.4 is 15.8 Å². The van der Waals surface area contributed by atoms with Crippen molar-refractivity contribution in [1.29, 1.82) is 0 Å². The van der Waals surface area contributed by atoms with Crippen LogP contribution >= 0.6 is 0 Å². The van der Waals surface area contributed by atoms with Crippen molar-refractivity contribution in [3.8, 4) is 11.3 Å². The van der Waals surface area contributed by atoms with Crippen LogP contribution in [0.15, 0.2) is 53.7 Å². The maximum Gasteiger partial charge on any atom is 0.248 e. The summed E-state index contributed by atoms with van der Waals surface area (Å²) in [7, 11) is 0. The average molecular weight is 594 g/mol. The van der Waals surface area contributed by atoms with Crippen LogP contribution in [0.2, 0.25) is 0 Å². The van der Waals surface area contributed by atoms with Gasteiger partial charge < -0.3 is 19.8 Å². The van der Waals surface area contributed by atoms with Gasteiger partial charge in [0.2, 0.25) is 11.5 Å². The first-order chi connectivity index (χ1) is 20.9. The molecule has 1 saturated carbocycles. The van der Waals surface area contributed by atoms with Crippen LogP contribution in [-0.2, 0) is 10.2 Å². The molecule has 1 amide bonds. The van der Waals surface area contributed by atoms with Crippen LogP contribution in [0.3, 0.4) is 0 Å². The minimum absolute atomic E-state index is 0.160. The number of amides is 1. The van der Waals surface area contributed by atoms with Crippen molar-refractivity contribution >= 4 is 34.1 Å². The van der Waals surface area contributed by atoms with Gasteiger partial charge in [0.1, 0.15) is 5.52 Å². The van der Waals surface area contributed by atoms with E-state index in [-0.39, 0.29) is 23.6 Å². The number of aromatic amines is 1. The number of pyridine rings is 2. The molecule has 3 aliphatic rings. The average Bonchev–Trinajstić information content (AvgIpc) is 3.46. The van der Waals surface area contributed by atoms with E-state index in [1.54, 1.807) is 12.3 Å². The summed E-state index contributed by atoms with van der Waals surface area (Å²) in [5.41, 5.74) is 5.89. The number of nitrogens with zero attached hydrogens (tertiary/aromatic N) is 5. The fourth-order valence-electron chi connectivity index (χ4n) is 7.47. The second-order valence-corrected chi connectivity index (χ2v) is 14.6. The third-order valence-corrected chi connectivity index (χ3v) is 10.0. The maximum atomic E-state index is 13.9. The van der Waals surface area contributed by atoms with Crippen LogP contribution in [-0.4, -0.2) is 55.5 Å². The largest absolute Gasteiger partial charge is 0.337 e. The lowest BCUT2D eigenvalue weighted by Crippen LogP contribution is -2.58. The normalized spacial score (nSPS) is 22.8. The number of carbonyl (C=O) groups excluding carboxylic acids is 1. The molecule has 0 spiro atoms. The number of fused-ring (bicyclic) bond motifs is 2. The van der Waals surface area contributed by atoms with E-state index >= 15 is 0 Å². The van der Waals surface area contributed by atoms with Gasteiger partial charge in [0.05, 0.1) is 28.6 Å². The summed E-state index contributed by atoms with van der Waals surface area (Å²) in [6.45, 7) is 15.4. The summed E-state index contributed by atoms with van der Waals surface area (Å²) in [6.07, 6.45) is 8.07. The van der Waals surface area contributed by atoms with E-state index in [2.05, 4.69) is 70.6 Å². The molecule has 1 saturated heterocycles. The Bertz CT molecular complexity index is 1790. The highest BCUT2D eigenvalue weighted by atomic mass is 16.2. The molecule has 0 radical (unpaired) electrons. The zero-order valence-corrected chi connectivity index (χ0v) is 26.6.